The topological polar surface area (TPSA) is 59.0 Å². The van der Waals surface area contributed by atoms with Gasteiger partial charge in [0.25, 0.3) is 0 Å². The van der Waals surface area contributed by atoms with Crippen LogP contribution in [0.4, 0.5) is 25.8 Å². The fraction of sp³-hybridized carbons (Fsp3) is 0.143. The standard InChI is InChI=1S/C21H21F2N3O2S.ClH/c1-24-13-15-7-2-3-8-16(15)14-25-18-10-4-5-11-19(18)26(29(25,27)28)20-12-6-9-17(22)21(20)23;/h2-12,24,27-28H,13-14H2,1H3;1H. The molecule has 0 aromatic heterocycles. The van der Waals surface area contributed by atoms with E-state index in [4.69, 9.17) is 0 Å². The summed E-state index contributed by atoms with van der Waals surface area (Å²) < 4.78 is 53.3. The second-order valence-corrected chi connectivity index (χ2v) is 8.47. The molecule has 0 saturated carbocycles. The van der Waals surface area contributed by atoms with Crippen molar-refractivity contribution in [3.63, 3.8) is 0 Å². The highest BCUT2D eigenvalue weighted by Gasteiger charge is 2.43. The molecule has 1 heterocycles. The van der Waals surface area contributed by atoms with Crippen molar-refractivity contribution in [1.82, 2.24) is 5.32 Å². The lowest BCUT2D eigenvalue weighted by molar-refractivity contribution is 0.480. The van der Waals surface area contributed by atoms with Crippen molar-refractivity contribution in [2.24, 2.45) is 0 Å². The van der Waals surface area contributed by atoms with Crippen LogP contribution in [0.2, 0.25) is 0 Å². The first kappa shape index (κ1) is 22.3. The van der Waals surface area contributed by atoms with Gasteiger partial charge in [-0.05, 0) is 53.4 Å². The van der Waals surface area contributed by atoms with E-state index in [2.05, 4.69) is 5.32 Å². The van der Waals surface area contributed by atoms with E-state index < -0.39 is 22.6 Å². The van der Waals surface area contributed by atoms with E-state index in [1.165, 1.54) is 16.4 Å². The molecular formula is C21H22ClF2N3O2S. The quantitative estimate of drug-likeness (QED) is 0.452. The van der Waals surface area contributed by atoms with Gasteiger partial charge >= 0.3 is 0 Å². The molecule has 0 unspecified atom stereocenters. The van der Waals surface area contributed by atoms with Crippen molar-refractivity contribution in [2.45, 2.75) is 13.1 Å². The Labute approximate surface area is 182 Å². The number of anilines is 3. The van der Waals surface area contributed by atoms with Crippen molar-refractivity contribution < 1.29 is 17.9 Å². The zero-order valence-corrected chi connectivity index (χ0v) is 17.8. The van der Waals surface area contributed by atoms with Gasteiger partial charge in [0.15, 0.2) is 11.6 Å². The number of nitrogens with zero attached hydrogens (tertiary/aromatic N) is 2. The van der Waals surface area contributed by atoms with E-state index in [-0.39, 0.29) is 24.6 Å². The summed E-state index contributed by atoms with van der Waals surface area (Å²) in [6.07, 6.45) is 0. The largest absolute Gasteiger partial charge is 0.316 e. The summed E-state index contributed by atoms with van der Waals surface area (Å²) in [5.74, 6) is -2.17. The Kier molecular flexibility index (Phi) is 6.54. The van der Waals surface area contributed by atoms with Crippen LogP contribution in [0.25, 0.3) is 0 Å². The predicted octanol–water partition coefficient (Wildman–Crippen LogP) is 5.84. The van der Waals surface area contributed by atoms with Gasteiger partial charge in [-0.2, -0.15) is 0 Å². The average molecular weight is 454 g/mol. The van der Waals surface area contributed by atoms with E-state index in [0.29, 0.717) is 17.9 Å². The fourth-order valence-electron chi connectivity index (χ4n) is 3.52. The van der Waals surface area contributed by atoms with Crippen molar-refractivity contribution in [3.8, 4) is 0 Å². The van der Waals surface area contributed by atoms with Crippen LogP contribution in [0.15, 0.2) is 66.7 Å². The molecule has 0 spiro atoms. The normalized spacial score (nSPS) is 15.5. The Morgan fingerprint density at radius 3 is 2.13 bits per heavy atom. The van der Waals surface area contributed by atoms with Crippen LogP contribution in [-0.2, 0) is 13.1 Å². The minimum atomic E-state index is -3.67. The Hall–Kier alpha value is -2.36. The molecule has 0 fully saturated rings. The van der Waals surface area contributed by atoms with E-state index >= 15 is 0 Å². The Balaban J connectivity index is 0.00000256. The third-order valence-corrected chi connectivity index (χ3v) is 6.66. The van der Waals surface area contributed by atoms with E-state index in [1.807, 2.05) is 31.3 Å². The average Bonchev–Trinajstić information content (AvgIpc) is 2.92. The summed E-state index contributed by atoms with van der Waals surface area (Å²) in [5.41, 5.74) is 2.64. The summed E-state index contributed by atoms with van der Waals surface area (Å²) in [6.45, 7) is 0.817. The van der Waals surface area contributed by atoms with Crippen molar-refractivity contribution >= 4 is 40.4 Å². The zero-order valence-electron chi connectivity index (χ0n) is 16.1. The van der Waals surface area contributed by atoms with Crippen molar-refractivity contribution in [2.75, 3.05) is 15.7 Å². The lowest BCUT2D eigenvalue weighted by Crippen LogP contribution is -2.31. The van der Waals surface area contributed by atoms with Crippen LogP contribution in [-0.4, -0.2) is 16.2 Å². The molecule has 4 rings (SSSR count). The molecule has 3 aromatic carbocycles. The number of nitrogens with one attached hydrogen (secondary N) is 1. The molecule has 0 bridgehead atoms. The molecule has 0 aliphatic carbocycles. The number of hydrogen-bond donors (Lipinski definition) is 3. The van der Waals surface area contributed by atoms with Gasteiger partial charge in [-0.1, -0.05) is 42.5 Å². The first-order chi connectivity index (χ1) is 13.9. The van der Waals surface area contributed by atoms with Gasteiger partial charge in [0.1, 0.15) is 5.69 Å². The highest BCUT2D eigenvalue weighted by Crippen LogP contribution is 2.64. The molecule has 9 heteroatoms. The summed E-state index contributed by atoms with van der Waals surface area (Å²) in [6, 6.07) is 18.2. The molecule has 5 nitrogen and oxygen atoms in total. The van der Waals surface area contributed by atoms with Gasteiger partial charge in [0.2, 0.25) is 0 Å². The van der Waals surface area contributed by atoms with Gasteiger partial charge in [0, 0.05) is 6.54 Å². The SMILES string of the molecule is CNCc1ccccc1CN1c2ccccc2N(c2cccc(F)c2F)S1(O)O.Cl. The smallest absolute Gasteiger partial charge is 0.184 e. The highest BCUT2D eigenvalue weighted by atomic mass is 35.5. The molecule has 3 N–H and O–H groups in total. The summed E-state index contributed by atoms with van der Waals surface area (Å²) >= 11 is 0. The van der Waals surface area contributed by atoms with Gasteiger partial charge in [0.05, 0.1) is 17.9 Å². The molecule has 0 atom stereocenters. The number of hydrogen-bond acceptors (Lipinski definition) is 5. The minimum absolute atomic E-state index is 0. The lowest BCUT2D eigenvalue weighted by Gasteiger charge is -2.44. The molecular weight excluding hydrogens is 432 g/mol. The maximum atomic E-state index is 14.6. The predicted molar refractivity (Wildman–Crippen MR) is 120 cm³/mol. The Bertz CT molecular complexity index is 1050. The maximum Gasteiger partial charge on any atom is 0.184 e. The minimum Gasteiger partial charge on any atom is -0.316 e. The van der Waals surface area contributed by atoms with Gasteiger partial charge < -0.3 is 5.32 Å². The zero-order chi connectivity index (χ0) is 20.6. The summed E-state index contributed by atoms with van der Waals surface area (Å²) in [5, 5.41) is 3.10. The number of benzene rings is 3. The molecule has 1 aliphatic rings. The van der Waals surface area contributed by atoms with Crippen LogP contribution in [0.5, 0.6) is 0 Å². The fourth-order valence-corrected chi connectivity index (χ4v) is 5.27. The molecule has 3 aromatic rings. The lowest BCUT2D eigenvalue weighted by atomic mass is 10.1. The first-order valence-corrected chi connectivity index (χ1v) is 10.5. The second kappa shape index (κ2) is 8.79. The third kappa shape index (κ3) is 3.73. The maximum absolute atomic E-state index is 14.6. The van der Waals surface area contributed by atoms with Gasteiger partial charge in [-0.15, -0.1) is 12.4 Å². The Morgan fingerprint density at radius 1 is 0.833 bits per heavy atom. The molecule has 0 amide bonds. The number of halogens is 3. The number of rotatable bonds is 5. The van der Waals surface area contributed by atoms with Crippen LogP contribution >= 0.6 is 23.4 Å². The number of para-hydroxylation sites is 2. The van der Waals surface area contributed by atoms with Crippen LogP contribution in [0.3, 0.4) is 0 Å². The third-order valence-electron chi connectivity index (χ3n) is 4.86. The van der Waals surface area contributed by atoms with Crippen molar-refractivity contribution in [3.05, 3.63) is 89.5 Å². The van der Waals surface area contributed by atoms with E-state index in [9.17, 15) is 17.9 Å². The van der Waals surface area contributed by atoms with Crippen LogP contribution in [0, 0.1) is 11.6 Å². The van der Waals surface area contributed by atoms with E-state index in [1.54, 1.807) is 24.3 Å². The summed E-state index contributed by atoms with van der Waals surface area (Å²) in [7, 11) is -1.83. The highest BCUT2D eigenvalue weighted by molar-refractivity contribution is 8.27. The monoisotopic (exact) mass is 453 g/mol. The second-order valence-electron chi connectivity index (χ2n) is 6.68. The molecule has 1 aliphatic heterocycles. The van der Waals surface area contributed by atoms with Crippen molar-refractivity contribution in [1.29, 1.82) is 0 Å². The van der Waals surface area contributed by atoms with Gasteiger partial charge in [-0.25, -0.2) is 17.4 Å². The molecule has 0 saturated heterocycles. The number of fused-ring (bicyclic) bond motifs is 1. The molecule has 0 radical (unpaired) electrons. The van der Waals surface area contributed by atoms with Crippen LogP contribution < -0.4 is 13.9 Å². The first-order valence-electron chi connectivity index (χ1n) is 9.05. The van der Waals surface area contributed by atoms with E-state index in [0.717, 1.165) is 21.5 Å². The summed E-state index contributed by atoms with van der Waals surface area (Å²) in [4.78, 5) is 0. The van der Waals surface area contributed by atoms with Gasteiger partial charge in [-0.3, -0.25) is 9.11 Å². The Morgan fingerprint density at radius 2 is 1.43 bits per heavy atom. The molecule has 30 heavy (non-hydrogen) atoms. The van der Waals surface area contributed by atoms with Crippen LogP contribution in [0.1, 0.15) is 11.1 Å². The molecule has 160 valence electrons.